The highest BCUT2D eigenvalue weighted by molar-refractivity contribution is 5.97. The fourth-order valence-electron chi connectivity index (χ4n) is 3.00. The van der Waals surface area contributed by atoms with E-state index in [1.54, 1.807) is 19.9 Å². The van der Waals surface area contributed by atoms with Crippen molar-refractivity contribution in [3.05, 3.63) is 41.5 Å². The van der Waals surface area contributed by atoms with Crippen LogP contribution in [-0.2, 0) is 14.2 Å². The van der Waals surface area contributed by atoms with Crippen molar-refractivity contribution in [2.45, 2.75) is 44.4 Å². The molecular formula is C22H30O9. The van der Waals surface area contributed by atoms with Crippen LogP contribution in [0.3, 0.4) is 0 Å². The van der Waals surface area contributed by atoms with E-state index in [1.165, 1.54) is 44.6 Å². The van der Waals surface area contributed by atoms with E-state index in [2.05, 4.69) is 0 Å². The number of rotatable bonds is 4. The summed E-state index contributed by atoms with van der Waals surface area (Å²) in [6.45, 7) is 3.23. The van der Waals surface area contributed by atoms with Crippen molar-refractivity contribution in [1.29, 1.82) is 0 Å². The number of esters is 1. The molecule has 1 heterocycles. The predicted octanol–water partition coefficient (Wildman–Crippen LogP) is 1.24. The number of hydrogen-bond acceptors (Lipinski definition) is 9. The number of phenolic OH excluding ortho intramolecular Hbond substituents is 1. The highest BCUT2D eigenvalue weighted by atomic mass is 16.7. The first-order valence-corrected chi connectivity index (χ1v) is 9.82. The number of hydrogen-bond donors (Lipinski definition) is 4. The SMILES string of the molecule is COCOC1/C=C/c2cc(OC)cc(O)c2C(=O)OC(C)[C@H](C)/C=C\C(O)C(O)C1O. The molecule has 0 radical (unpaired) electrons. The van der Waals surface area contributed by atoms with Crippen LogP contribution in [-0.4, -0.2) is 77.9 Å². The van der Waals surface area contributed by atoms with E-state index in [9.17, 15) is 25.2 Å². The van der Waals surface area contributed by atoms with Crippen molar-refractivity contribution in [2.24, 2.45) is 5.92 Å². The van der Waals surface area contributed by atoms with Crippen molar-refractivity contribution in [3.63, 3.8) is 0 Å². The molecule has 31 heavy (non-hydrogen) atoms. The second kappa shape index (κ2) is 11.3. The van der Waals surface area contributed by atoms with Gasteiger partial charge in [-0.15, -0.1) is 0 Å². The van der Waals surface area contributed by atoms with E-state index in [0.717, 1.165) is 0 Å². The van der Waals surface area contributed by atoms with Gasteiger partial charge in [0.15, 0.2) is 0 Å². The third kappa shape index (κ3) is 6.28. The Balaban J connectivity index is 2.59. The quantitative estimate of drug-likeness (QED) is 0.311. The Morgan fingerprint density at radius 1 is 1.03 bits per heavy atom. The van der Waals surface area contributed by atoms with Gasteiger partial charge < -0.3 is 39.4 Å². The second-order valence-electron chi connectivity index (χ2n) is 7.33. The Labute approximate surface area is 181 Å². The van der Waals surface area contributed by atoms with Gasteiger partial charge in [-0.1, -0.05) is 31.2 Å². The zero-order chi connectivity index (χ0) is 23.1. The average molecular weight is 438 g/mol. The number of methoxy groups -OCH3 is 2. The van der Waals surface area contributed by atoms with Gasteiger partial charge >= 0.3 is 5.97 Å². The molecule has 9 heteroatoms. The summed E-state index contributed by atoms with van der Waals surface area (Å²) in [6.07, 6.45) is -0.468. The monoisotopic (exact) mass is 438 g/mol. The van der Waals surface area contributed by atoms with Crippen LogP contribution in [0.15, 0.2) is 30.4 Å². The van der Waals surface area contributed by atoms with Crippen molar-refractivity contribution < 1.29 is 44.2 Å². The van der Waals surface area contributed by atoms with Gasteiger partial charge in [0.05, 0.1) is 7.11 Å². The lowest BCUT2D eigenvalue weighted by Gasteiger charge is -2.27. The number of fused-ring (bicyclic) bond motifs is 1. The molecule has 0 bridgehead atoms. The maximum Gasteiger partial charge on any atom is 0.342 e. The van der Waals surface area contributed by atoms with E-state index < -0.39 is 36.5 Å². The van der Waals surface area contributed by atoms with Crippen LogP contribution in [0.2, 0.25) is 0 Å². The minimum absolute atomic E-state index is 0.0855. The maximum atomic E-state index is 12.8. The second-order valence-corrected chi connectivity index (χ2v) is 7.33. The molecule has 0 amide bonds. The number of aromatic hydroxyl groups is 1. The molecule has 0 aromatic heterocycles. The smallest absolute Gasteiger partial charge is 0.342 e. The molecule has 4 N–H and O–H groups in total. The number of aliphatic hydroxyl groups excluding tert-OH is 3. The summed E-state index contributed by atoms with van der Waals surface area (Å²) in [4.78, 5) is 12.8. The summed E-state index contributed by atoms with van der Waals surface area (Å²) < 4.78 is 21.0. The first-order chi connectivity index (χ1) is 14.7. The number of carbonyl (C=O) groups excluding carboxylic acids is 1. The molecule has 1 aliphatic rings. The minimum Gasteiger partial charge on any atom is -0.507 e. The normalized spacial score (nSPS) is 31.8. The van der Waals surface area contributed by atoms with Crippen LogP contribution in [0.5, 0.6) is 11.5 Å². The number of aliphatic hydroxyl groups is 3. The van der Waals surface area contributed by atoms with Gasteiger partial charge in [-0.2, -0.15) is 0 Å². The molecule has 2 rings (SSSR count). The molecule has 1 aromatic carbocycles. The lowest BCUT2D eigenvalue weighted by Crippen LogP contribution is -2.44. The zero-order valence-corrected chi connectivity index (χ0v) is 18.0. The summed E-state index contributed by atoms with van der Waals surface area (Å²) in [7, 11) is 2.80. The molecule has 1 aliphatic heterocycles. The highest BCUT2D eigenvalue weighted by Crippen LogP contribution is 2.31. The summed E-state index contributed by atoms with van der Waals surface area (Å²) in [5.74, 6) is -1.12. The molecule has 0 spiro atoms. The third-order valence-corrected chi connectivity index (χ3v) is 5.09. The topological polar surface area (TPSA) is 135 Å². The fraction of sp³-hybridized carbons (Fsp3) is 0.500. The number of ether oxygens (including phenoxy) is 4. The predicted molar refractivity (Wildman–Crippen MR) is 112 cm³/mol. The molecule has 0 saturated carbocycles. The van der Waals surface area contributed by atoms with Crippen molar-refractivity contribution in [1.82, 2.24) is 0 Å². The summed E-state index contributed by atoms with van der Waals surface area (Å²) in [5, 5.41) is 41.7. The van der Waals surface area contributed by atoms with E-state index >= 15 is 0 Å². The largest absolute Gasteiger partial charge is 0.507 e. The molecule has 6 atom stereocenters. The van der Waals surface area contributed by atoms with Gasteiger partial charge in [0.1, 0.15) is 54.4 Å². The van der Waals surface area contributed by atoms with Crippen molar-refractivity contribution in [2.75, 3.05) is 21.0 Å². The van der Waals surface area contributed by atoms with Crippen molar-refractivity contribution >= 4 is 12.0 Å². The van der Waals surface area contributed by atoms with Crippen LogP contribution in [0.1, 0.15) is 29.8 Å². The van der Waals surface area contributed by atoms with Crippen LogP contribution in [0.4, 0.5) is 0 Å². The number of benzene rings is 1. The summed E-state index contributed by atoms with van der Waals surface area (Å²) in [6, 6.07) is 2.80. The number of cyclic esters (lactones) is 1. The number of carbonyl (C=O) groups is 1. The standard InChI is InChI=1S/C22H30O9/c1-12-5-7-16(23)20(25)21(26)18(30-11-28-3)8-6-14-9-15(29-4)10-17(24)19(14)22(27)31-13(12)2/h5-10,12-13,16,18,20-21,23-26H,11H2,1-4H3/b7-5-,8-6+/t12-,13?,16?,18?,20?,21?/m1/s1. The molecule has 0 fully saturated rings. The third-order valence-electron chi connectivity index (χ3n) is 5.09. The Hall–Kier alpha value is -2.43. The lowest BCUT2D eigenvalue weighted by atomic mass is 9.97. The molecule has 1 aromatic rings. The van der Waals surface area contributed by atoms with Gasteiger partial charge in [-0.3, -0.25) is 0 Å². The maximum absolute atomic E-state index is 12.8. The Morgan fingerprint density at radius 2 is 1.74 bits per heavy atom. The highest BCUT2D eigenvalue weighted by Gasteiger charge is 2.31. The van der Waals surface area contributed by atoms with Gasteiger partial charge in [0.25, 0.3) is 0 Å². The minimum atomic E-state index is -1.56. The van der Waals surface area contributed by atoms with Crippen LogP contribution in [0.25, 0.3) is 6.08 Å². The first-order valence-electron chi connectivity index (χ1n) is 9.82. The van der Waals surface area contributed by atoms with Crippen LogP contribution in [0, 0.1) is 5.92 Å². The zero-order valence-electron chi connectivity index (χ0n) is 18.0. The number of phenols is 1. The molecule has 172 valence electrons. The van der Waals surface area contributed by atoms with Gasteiger partial charge in [-0.25, -0.2) is 4.79 Å². The van der Waals surface area contributed by atoms with Gasteiger partial charge in [0, 0.05) is 19.1 Å². The molecule has 9 nitrogen and oxygen atoms in total. The Kier molecular flexibility index (Phi) is 9.02. The Bertz CT molecular complexity index is 804. The van der Waals surface area contributed by atoms with Crippen molar-refractivity contribution in [3.8, 4) is 11.5 Å². The molecule has 0 aliphatic carbocycles. The average Bonchev–Trinajstić information content (AvgIpc) is 2.74. The van der Waals surface area contributed by atoms with E-state index in [-0.39, 0.29) is 29.6 Å². The van der Waals surface area contributed by atoms with Crippen LogP contribution >= 0.6 is 0 Å². The summed E-state index contributed by atoms with van der Waals surface area (Å²) >= 11 is 0. The van der Waals surface area contributed by atoms with E-state index in [4.69, 9.17) is 18.9 Å². The van der Waals surface area contributed by atoms with Gasteiger partial charge in [0.2, 0.25) is 0 Å². The molecule has 5 unspecified atom stereocenters. The van der Waals surface area contributed by atoms with Gasteiger partial charge in [-0.05, 0) is 18.6 Å². The Morgan fingerprint density at radius 3 is 2.39 bits per heavy atom. The molecule has 0 saturated heterocycles. The fourth-order valence-corrected chi connectivity index (χ4v) is 3.00. The van der Waals surface area contributed by atoms with Crippen LogP contribution < -0.4 is 4.74 Å². The lowest BCUT2D eigenvalue weighted by molar-refractivity contribution is -0.134. The van der Waals surface area contributed by atoms with E-state index in [1.807, 2.05) is 0 Å². The first kappa shape index (κ1) is 24.8. The summed E-state index contributed by atoms with van der Waals surface area (Å²) in [5.41, 5.74) is 0.167. The molecular weight excluding hydrogens is 408 g/mol. The van der Waals surface area contributed by atoms with E-state index in [0.29, 0.717) is 5.75 Å².